The van der Waals surface area contributed by atoms with Crippen LogP contribution in [0.5, 0.6) is 0 Å². The molecule has 0 fully saturated rings. The van der Waals surface area contributed by atoms with E-state index < -0.39 is 11.5 Å². The van der Waals surface area contributed by atoms with Gasteiger partial charge in [0, 0.05) is 5.39 Å². The fourth-order valence-electron chi connectivity index (χ4n) is 2.28. The Morgan fingerprint density at radius 2 is 1.90 bits per heavy atom. The molecule has 1 heterocycles. The number of fused-ring (bicyclic) bond motifs is 1. The van der Waals surface area contributed by atoms with E-state index in [-0.39, 0.29) is 12.3 Å². The summed E-state index contributed by atoms with van der Waals surface area (Å²) in [5, 5.41) is 30.7. The Morgan fingerprint density at radius 3 is 2.48 bits per heavy atom. The van der Waals surface area contributed by atoms with E-state index >= 15 is 0 Å². The number of nitrogens with one attached hydrogen (secondary N) is 1. The zero-order valence-electron chi connectivity index (χ0n) is 12.1. The molecule has 112 valence electrons. The quantitative estimate of drug-likeness (QED) is 0.755. The van der Waals surface area contributed by atoms with Crippen LogP contribution in [-0.2, 0) is 0 Å². The highest BCUT2D eigenvalue weighted by Gasteiger charge is 2.28. The van der Waals surface area contributed by atoms with Crippen molar-refractivity contribution in [1.82, 2.24) is 10.2 Å². The number of hydrogen-bond donors (Lipinski definition) is 3. The van der Waals surface area contributed by atoms with E-state index in [4.69, 9.17) is 0 Å². The number of rotatable bonds is 6. The average Bonchev–Trinajstić information content (AvgIpc) is 2.52. The van der Waals surface area contributed by atoms with Crippen molar-refractivity contribution in [3.63, 3.8) is 0 Å². The number of carboxylic acids is 1. The van der Waals surface area contributed by atoms with Gasteiger partial charge in [-0.3, -0.25) is 0 Å². The Morgan fingerprint density at radius 1 is 1.24 bits per heavy atom. The largest absolute Gasteiger partial charge is 0.476 e. The molecule has 0 aliphatic heterocycles. The number of carbonyl (C=O) groups is 1. The van der Waals surface area contributed by atoms with Gasteiger partial charge < -0.3 is 15.5 Å². The van der Waals surface area contributed by atoms with Crippen LogP contribution in [0.2, 0.25) is 0 Å². The third-order valence-electron chi connectivity index (χ3n) is 3.92. The summed E-state index contributed by atoms with van der Waals surface area (Å²) in [6.07, 6.45) is 1.32. The lowest BCUT2D eigenvalue weighted by Crippen LogP contribution is -2.41. The molecule has 1 aromatic heterocycles. The highest BCUT2D eigenvalue weighted by atomic mass is 16.4. The van der Waals surface area contributed by atoms with Gasteiger partial charge in [0.2, 0.25) is 0 Å². The van der Waals surface area contributed by atoms with Gasteiger partial charge in [0.15, 0.2) is 5.69 Å². The molecule has 0 radical (unpaired) electrons. The molecular weight excluding hydrogens is 270 g/mol. The summed E-state index contributed by atoms with van der Waals surface area (Å²) >= 11 is 0. The van der Waals surface area contributed by atoms with Gasteiger partial charge in [0.1, 0.15) is 0 Å². The molecule has 0 saturated heterocycles. The van der Waals surface area contributed by atoms with E-state index in [2.05, 4.69) is 15.5 Å². The second kappa shape index (κ2) is 6.05. The van der Waals surface area contributed by atoms with Gasteiger partial charge in [-0.2, -0.15) is 0 Å². The first kappa shape index (κ1) is 15.2. The topological polar surface area (TPSA) is 95.3 Å². The van der Waals surface area contributed by atoms with Crippen molar-refractivity contribution in [3.8, 4) is 0 Å². The Bertz CT molecular complexity index is 645. The fraction of sp³-hybridized carbons (Fsp3) is 0.400. The number of aromatic nitrogens is 2. The minimum absolute atomic E-state index is 0.0876. The smallest absolute Gasteiger partial charge is 0.358 e. The number of aromatic carboxylic acids is 1. The van der Waals surface area contributed by atoms with Gasteiger partial charge in [-0.05, 0) is 18.9 Å². The fourth-order valence-corrected chi connectivity index (χ4v) is 2.28. The van der Waals surface area contributed by atoms with Gasteiger partial charge in [-0.1, -0.05) is 32.0 Å². The lowest BCUT2D eigenvalue weighted by molar-refractivity contribution is 0.0690. The summed E-state index contributed by atoms with van der Waals surface area (Å²) in [6, 6.07) is 7.21. The Kier molecular flexibility index (Phi) is 4.37. The van der Waals surface area contributed by atoms with Crippen molar-refractivity contribution >= 4 is 22.6 Å². The van der Waals surface area contributed by atoms with E-state index in [0.717, 1.165) is 0 Å². The van der Waals surface area contributed by atoms with Gasteiger partial charge in [0.25, 0.3) is 0 Å². The normalized spacial score (nSPS) is 11.6. The second-order valence-corrected chi connectivity index (χ2v) is 5.02. The molecule has 2 aromatic rings. The summed E-state index contributed by atoms with van der Waals surface area (Å²) in [5.41, 5.74) is 0.319. The zero-order chi connectivity index (χ0) is 15.5. The van der Waals surface area contributed by atoms with E-state index in [0.29, 0.717) is 29.4 Å². The van der Waals surface area contributed by atoms with Gasteiger partial charge in [-0.15, -0.1) is 10.2 Å². The van der Waals surface area contributed by atoms with Crippen molar-refractivity contribution in [1.29, 1.82) is 0 Å². The molecule has 0 spiro atoms. The molecule has 0 atom stereocenters. The van der Waals surface area contributed by atoms with E-state index in [9.17, 15) is 15.0 Å². The lowest BCUT2D eigenvalue weighted by Gasteiger charge is -2.32. The maximum Gasteiger partial charge on any atom is 0.358 e. The van der Waals surface area contributed by atoms with Crippen LogP contribution in [0.1, 0.15) is 37.2 Å². The molecule has 0 saturated carbocycles. The Labute approximate surface area is 122 Å². The Balaban J connectivity index is 2.64. The molecule has 6 heteroatoms. The van der Waals surface area contributed by atoms with Crippen LogP contribution in [0.3, 0.4) is 0 Å². The number of hydrogen-bond acceptors (Lipinski definition) is 5. The highest BCUT2D eigenvalue weighted by molar-refractivity contribution is 6.02. The van der Waals surface area contributed by atoms with Gasteiger partial charge >= 0.3 is 5.97 Å². The number of benzene rings is 1. The minimum Gasteiger partial charge on any atom is -0.476 e. The first-order valence-corrected chi connectivity index (χ1v) is 6.94. The SMILES string of the molecule is CCC(CC)(CO)Nc1c(C(=O)O)nnc2ccccc12. The summed E-state index contributed by atoms with van der Waals surface area (Å²) in [5.74, 6) is -1.14. The summed E-state index contributed by atoms with van der Waals surface area (Å²) in [4.78, 5) is 11.4. The Hall–Kier alpha value is -2.21. The van der Waals surface area contributed by atoms with Crippen molar-refractivity contribution in [2.24, 2.45) is 0 Å². The first-order valence-electron chi connectivity index (χ1n) is 6.94. The van der Waals surface area contributed by atoms with Crippen LogP contribution in [0.25, 0.3) is 10.9 Å². The molecule has 0 unspecified atom stereocenters. The van der Waals surface area contributed by atoms with Crippen LogP contribution >= 0.6 is 0 Å². The van der Waals surface area contributed by atoms with Crippen LogP contribution < -0.4 is 5.32 Å². The van der Waals surface area contributed by atoms with E-state index in [1.54, 1.807) is 12.1 Å². The van der Waals surface area contributed by atoms with Crippen molar-refractivity contribution in [3.05, 3.63) is 30.0 Å². The first-order chi connectivity index (χ1) is 10.1. The predicted octanol–water partition coefficient (Wildman–Crippen LogP) is 2.29. The monoisotopic (exact) mass is 289 g/mol. The van der Waals surface area contributed by atoms with Crippen LogP contribution in [0.15, 0.2) is 24.3 Å². The molecule has 0 aliphatic rings. The molecule has 1 aromatic carbocycles. The number of anilines is 1. The molecular formula is C15H19N3O3. The summed E-state index contributed by atoms with van der Waals surface area (Å²) in [7, 11) is 0. The van der Waals surface area contributed by atoms with Crippen LogP contribution in [0.4, 0.5) is 5.69 Å². The van der Waals surface area contributed by atoms with Gasteiger partial charge in [0.05, 0.1) is 23.3 Å². The summed E-state index contributed by atoms with van der Waals surface area (Å²) in [6.45, 7) is 3.81. The number of carboxylic acid groups (broad SMARTS) is 1. The number of nitrogens with zero attached hydrogens (tertiary/aromatic N) is 2. The van der Waals surface area contributed by atoms with Crippen molar-refractivity contribution < 1.29 is 15.0 Å². The van der Waals surface area contributed by atoms with Gasteiger partial charge in [-0.25, -0.2) is 4.79 Å². The molecule has 0 aliphatic carbocycles. The maximum atomic E-state index is 11.4. The summed E-state index contributed by atoms with van der Waals surface area (Å²) < 4.78 is 0. The number of aliphatic hydroxyl groups is 1. The van der Waals surface area contributed by atoms with Crippen LogP contribution in [0, 0.1) is 0 Å². The van der Waals surface area contributed by atoms with Crippen LogP contribution in [-0.4, -0.2) is 38.5 Å². The highest BCUT2D eigenvalue weighted by Crippen LogP contribution is 2.29. The van der Waals surface area contributed by atoms with E-state index in [1.165, 1.54) is 0 Å². The third-order valence-corrected chi connectivity index (χ3v) is 3.92. The van der Waals surface area contributed by atoms with E-state index in [1.807, 2.05) is 26.0 Å². The molecule has 0 amide bonds. The average molecular weight is 289 g/mol. The zero-order valence-corrected chi connectivity index (χ0v) is 12.1. The minimum atomic E-state index is -1.14. The lowest BCUT2D eigenvalue weighted by atomic mass is 9.93. The molecule has 6 nitrogen and oxygen atoms in total. The van der Waals surface area contributed by atoms with Crippen molar-refractivity contribution in [2.45, 2.75) is 32.2 Å². The maximum absolute atomic E-state index is 11.4. The third kappa shape index (κ3) is 2.80. The molecule has 21 heavy (non-hydrogen) atoms. The standard InChI is InChI=1S/C15H19N3O3/c1-3-15(4-2,9-19)16-12-10-7-5-6-8-11(10)17-18-13(12)14(20)21/h5-8,19H,3-4,9H2,1-2H3,(H,16,17)(H,20,21). The molecule has 3 N–H and O–H groups in total. The molecule has 0 bridgehead atoms. The number of aliphatic hydroxyl groups excluding tert-OH is 1. The predicted molar refractivity (Wildman–Crippen MR) is 80.5 cm³/mol. The van der Waals surface area contributed by atoms with Crippen molar-refractivity contribution in [2.75, 3.05) is 11.9 Å². The molecule has 2 rings (SSSR count). The second-order valence-electron chi connectivity index (χ2n) is 5.02.